The standard InChI is InChI=1S/C14H20BrNO/c1-4-17-13-9-12(14(13,2)3)16-11-7-5-10(15)6-8-11/h5-8,12-13,16H,4,9H2,1-3H3. The molecular formula is C14H20BrNO. The van der Waals surface area contributed by atoms with Crippen molar-refractivity contribution in [3.05, 3.63) is 28.7 Å². The summed E-state index contributed by atoms with van der Waals surface area (Å²) in [6.45, 7) is 7.41. The highest BCUT2D eigenvalue weighted by Gasteiger charge is 2.48. The summed E-state index contributed by atoms with van der Waals surface area (Å²) in [5, 5.41) is 3.58. The van der Waals surface area contributed by atoms with Gasteiger partial charge >= 0.3 is 0 Å². The molecule has 1 aliphatic rings. The predicted molar refractivity (Wildman–Crippen MR) is 75.4 cm³/mol. The minimum atomic E-state index is 0.211. The van der Waals surface area contributed by atoms with Crippen molar-refractivity contribution in [2.24, 2.45) is 5.41 Å². The summed E-state index contributed by atoms with van der Waals surface area (Å²) in [4.78, 5) is 0. The minimum absolute atomic E-state index is 0.211. The SMILES string of the molecule is CCOC1CC(Nc2ccc(Br)cc2)C1(C)C. The summed E-state index contributed by atoms with van der Waals surface area (Å²) in [7, 11) is 0. The van der Waals surface area contributed by atoms with Crippen molar-refractivity contribution < 1.29 is 4.74 Å². The van der Waals surface area contributed by atoms with Crippen molar-refractivity contribution in [1.29, 1.82) is 0 Å². The highest BCUT2D eigenvalue weighted by atomic mass is 79.9. The molecule has 1 aromatic rings. The Kier molecular flexibility index (Phi) is 3.79. The Labute approximate surface area is 112 Å². The molecule has 3 heteroatoms. The van der Waals surface area contributed by atoms with E-state index in [1.165, 1.54) is 5.69 Å². The molecule has 0 aromatic heterocycles. The van der Waals surface area contributed by atoms with Gasteiger partial charge in [0.1, 0.15) is 0 Å². The van der Waals surface area contributed by atoms with Crippen LogP contribution in [-0.2, 0) is 4.74 Å². The van der Waals surface area contributed by atoms with Crippen LogP contribution >= 0.6 is 15.9 Å². The summed E-state index contributed by atoms with van der Waals surface area (Å²) >= 11 is 3.45. The maximum Gasteiger partial charge on any atom is 0.0665 e. The fourth-order valence-electron chi connectivity index (χ4n) is 2.36. The monoisotopic (exact) mass is 297 g/mol. The van der Waals surface area contributed by atoms with Gasteiger partial charge in [-0.05, 0) is 37.6 Å². The lowest BCUT2D eigenvalue weighted by Crippen LogP contribution is -2.58. The first-order valence-electron chi connectivity index (χ1n) is 6.17. The zero-order valence-corrected chi connectivity index (χ0v) is 12.3. The Morgan fingerprint density at radius 1 is 1.35 bits per heavy atom. The van der Waals surface area contributed by atoms with Gasteiger partial charge < -0.3 is 10.1 Å². The second-order valence-electron chi connectivity index (χ2n) is 5.20. The van der Waals surface area contributed by atoms with Gasteiger partial charge in [-0.1, -0.05) is 29.8 Å². The highest BCUT2D eigenvalue weighted by molar-refractivity contribution is 9.10. The molecule has 2 unspecified atom stereocenters. The molecule has 1 N–H and O–H groups in total. The van der Waals surface area contributed by atoms with Crippen LogP contribution < -0.4 is 5.32 Å². The maximum atomic E-state index is 5.73. The van der Waals surface area contributed by atoms with E-state index in [0.717, 1.165) is 17.5 Å². The van der Waals surface area contributed by atoms with E-state index in [9.17, 15) is 0 Å². The minimum Gasteiger partial charge on any atom is -0.382 e. The maximum absolute atomic E-state index is 5.73. The average molecular weight is 298 g/mol. The van der Waals surface area contributed by atoms with Crippen molar-refractivity contribution in [3.8, 4) is 0 Å². The van der Waals surface area contributed by atoms with Gasteiger partial charge in [-0.2, -0.15) is 0 Å². The molecule has 2 nitrogen and oxygen atoms in total. The van der Waals surface area contributed by atoms with Crippen molar-refractivity contribution in [1.82, 2.24) is 0 Å². The lowest BCUT2D eigenvalue weighted by molar-refractivity contribution is -0.0975. The molecule has 1 aromatic carbocycles. The van der Waals surface area contributed by atoms with Crippen LogP contribution in [0.4, 0.5) is 5.69 Å². The first-order valence-corrected chi connectivity index (χ1v) is 6.97. The van der Waals surface area contributed by atoms with Crippen LogP contribution in [-0.4, -0.2) is 18.8 Å². The van der Waals surface area contributed by atoms with E-state index in [-0.39, 0.29) is 5.41 Å². The van der Waals surface area contributed by atoms with Gasteiger partial charge in [0.2, 0.25) is 0 Å². The van der Waals surface area contributed by atoms with Crippen molar-refractivity contribution >= 4 is 21.6 Å². The second kappa shape index (κ2) is 4.99. The molecule has 0 aliphatic heterocycles. The molecule has 17 heavy (non-hydrogen) atoms. The Bertz CT molecular complexity index is 374. The number of anilines is 1. The van der Waals surface area contributed by atoms with E-state index < -0.39 is 0 Å². The summed E-state index contributed by atoms with van der Waals surface area (Å²) in [5.41, 5.74) is 1.39. The number of hydrogen-bond acceptors (Lipinski definition) is 2. The normalized spacial score (nSPS) is 26.4. The molecule has 0 spiro atoms. The van der Waals surface area contributed by atoms with Gasteiger partial charge in [0.15, 0.2) is 0 Å². The Morgan fingerprint density at radius 2 is 2.00 bits per heavy atom. The molecular weight excluding hydrogens is 278 g/mol. The van der Waals surface area contributed by atoms with Crippen molar-refractivity contribution in [2.45, 2.75) is 39.3 Å². The third-order valence-electron chi connectivity index (χ3n) is 3.73. The average Bonchev–Trinajstić information content (AvgIpc) is 2.30. The van der Waals surface area contributed by atoms with Crippen LogP contribution in [0.1, 0.15) is 27.2 Å². The van der Waals surface area contributed by atoms with Crippen LogP contribution in [0.25, 0.3) is 0 Å². The van der Waals surface area contributed by atoms with Gasteiger partial charge in [-0.15, -0.1) is 0 Å². The molecule has 0 radical (unpaired) electrons. The zero-order valence-electron chi connectivity index (χ0n) is 10.7. The Morgan fingerprint density at radius 3 is 2.53 bits per heavy atom. The van der Waals surface area contributed by atoms with Crippen molar-refractivity contribution in [3.63, 3.8) is 0 Å². The first-order chi connectivity index (χ1) is 8.04. The number of benzene rings is 1. The molecule has 0 bridgehead atoms. The fraction of sp³-hybridized carbons (Fsp3) is 0.571. The largest absolute Gasteiger partial charge is 0.382 e. The van der Waals surface area contributed by atoms with Crippen molar-refractivity contribution in [2.75, 3.05) is 11.9 Å². The third-order valence-corrected chi connectivity index (χ3v) is 4.26. The smallest absolute Gasteiger partial charge is 0.0665 e. The lowest BCUT2D eigenvalue weighted by Gasteiger charge is -2.52. The number of rotatable bonds is 4. The zero-order chi connectivity index (χ0) is 12.5. The molecule has 94 valence electrons. The number of hydrogen-bond donors (Lipinski definition) is 1. The molecule has 0 saturated heterocycles. The van der Waals surface area contributed by atoms with E-state index in [1.807, 2.05) is 0 Å². The van der Waals surface area contributed by atoms with Crippen LogP contribution in [0, 0.1) is 5.41 Å². The molecule has 0 heterocycles. The summed E-state index contributed by atoms with van der Waals surface area (Å²) in [6, 6.07) is 8.84. The summed E-state index contributed by atoms with van der Waals surface area (Å²) < 4.78 is 6.85. The Hall–Kier alpha value is -0.540. The molecule has 1 saturated carbocycles. The van der Waals surface area contributed by atoms with E-state index in [4.69, 9.17) is 4.74 Å². The van der Waals surface area contributed by atoms with E-state index in [1.54, 1.807) is 0 Å². The quantitative estimate of drug-likeness (QED) is 0.905. The van der Waals surface area contributed by atoms with Crippen LogP contribution in [0.15, 0.2) is 28.7 Å². The van der Waals surface area contributed by atoms with Gasteiger partial charge in [-0.25, -0.2) is 0 Å². The molecule has 0 amide bonds. The van der Waals surface area contributed by atoms with Gasteiger partial charge in [0, 0.05) is 28.2 Å². The predicted octanol–water partition coefficient (Wildman–Crippen LogP) is 4.06. The Balaban J connectivity index is 1.95. The van der Waals surface area contributed by atoms with Gasteiger partial charge in [-0.3, -0.25) is 0 Å². The van der Waals surface area contributed by atoms with Crippen LogP contribution in [0.5, 0.6) is 0 Å². The van der Waals surface area contributed by atoms with Crippen LogP contribution in [0.2, 0.25) is 0 Å². The highest BCUT2D eigenvalue weighted by Crippen LogP contribution is 2.44. The van der Waals surface area contributed by atoms with Crippen LogP contribution in [0.3, 0.4) is 0 Å². The topological polar surface area (TPSA) is 21.3 Å². The first kappa shape index (κ1) is 12.9. The lowest BCUT2D eigenvalue weighted by atomic mass is 9.64. The third kappa shape index (κ3) is 2.66. The van der Waals surface area contributed by atoms with Gasteiger partial charge in [0.05, 0.1) is 6.10 Å². The number of halogens is 1. The molecule has 2 rings (SSSR count). The number of ether oxygens (including phenoxy) is 1. The van der Waals surface area contributed by atoms with Gasteiger partial charge in [0.25, 0.3) is 0 Å². The second-order valence-corrected chi connectivity index (χ2v) is 6.12. The van der Waals surface area contributed by atoms with E-state index in [0.29, 0.717) is 12.1 Å². The summed E-state index contributed by atoms with van der Waals surface area (Å²) in [6.07, 6.45) is 1.48. The van der Waals surface area contributed by atoms with E-state index in [2.05, 4.69) is 66.3 Å². The number of nitrogens with one attached hydrogen (secondary N) is 1. The van der Waals surface area contributed by atoms with E-state index >= 15 is 0 Å². The summed E-state index contributed by atoms with van der Waals surface area (Å²) in [5.74, 6) is 0. The molecule has 1 aliphatic carbocycles. The fourth-order valence-corrected chi connectivity index (χ4v) is 2.63. The molecule has 1 fully saturated rings. The molecule has 2 atom stereocenters.